The van der Waals surface area contributed by atoms with Gasteiger partial charge in [0.25, 0.3) is 0 Å². The summed E-state index contributed by atoms with van der Waals surface area (Å²) in [6, 6.07) is 6.35. The Balaban J connectivity index is 1.88. The lowest BCUT2D eigenvalue weighted by atomic mass is 10.1. The standard InChI is InChI=1S/C24H43N5O/c1-7-25-24(26-16-21(6)18-29-13-11-28(8-2)12-14-29)27-17-22-10-9-20(5)15-23(22)30-19(3)4/h9-10,15,19,21H,7-8,11-14,16-18H2,1-6H3,(H2,25,26,27). The van der Waals surface area contributed by atoms with E-state index in [1.807, 2.05) is 0 Å². The van der Waals surface area contributed by atoms with Gasteiger partial charge < -0.3 is 25.2 Å². The minimum absolute atomic E-state index is 0.154. The molecule has 1 aliphatic heterocycles. The summed E-state index contributed by atoms with van der Waals surface area (Å²) in [6.07, 6.45) is 0.154. The van der Waals surface area contributed by atoms with Crippen LogP contribution in [0.3, 0.4) is 0 Å². The summed E-state index contributed by atoms with van der Waals surface area (Å²) in [5.41, 5.74) is 2.32. The van der Waals surface area contributed by atoms with Gasteiger partial charge in [-0.2, -0.15) is 0 Å². The molecule has 1 aliphatic rings. The van der Waals surface area contributed by atoms with Crippen molar-refractivity contribution in [2.24, 2.45) is 10.9 Å². The fourth-order valence-corrected chi connectivity index (χ4v) is 3.73. The van der Waals surface area contributed by atoms with Gasteiger partial charge in [0.2, 0.25) is 0 Å². The highest BCUT2D eigenvalue weighted by atomic mass is 16.5. The second-order valence-electron chi connectivity index (χ2n) is 8.69. The van der Waals surface area contributed by atoms with Crippen molar-refractivity contribution in [1.82, 2.24) is 20.4 Å². The minimum Gasteiger partial charge on any atom is -0.491 e. The molecule has 2 N–H and O–H groups in total. The Bertz CT molecular complexity index is 653. The van der Waals surface area contributed by atoms with Crippen molar-refractivity contribution >= 4 is 5.96 Å². The molecule has 1 aromatic carbocycles. The van der Waals surface area contributed by atoms with Crippen LogP contribution in [0.1, 0.15) is 45.7 Å². The largest absolute Gasteiger partial charge is 0.491 e. The maximum Gasteiger partial charge on any atom is 0.191 e. The zero-order chi connectivity index (χ0) is 21.9. The molecular weight excluding hydrogens is 374 g/mol. The quantitative estimate of drug-likeness (QED) is 0.453. The van der Waals surface area contributed by atoms with Crippen LogP contribution in [0.5, 0.6) is 5.75 Å². The van der Waals surface area contributed by atoms with E-state index in [0.717, 1.165) is 36.9 Å². The molecule has 2 rings (SSSR count). The number of likely N-dealkylation sites (N-methyl/N-ethyl adjacent to an activating group) is 1. The number of hydrogen-bond acceptors (Lipinski definition) is 4. The Kier molecular flexibility index (Phi) is 10.4. The molecular formula is C24H43N5O. The first-order chi connectivity index (χ1) is 14.4. The Morgan fingerprint density at radius 2 is 1.77 bits per heavy atom. The maximum atomic E-state index is 6.00. The van der Waals surface area contributed by atoms with Crippen molar-refractivity contribution in [3.8, 4) is 5.75 Å². The van der Waals surface area contributed by atoms with Gasteiger partial charge in [0, 0.05) is 51.4 Å². The summed E-state index contributed by atoms with van der Waals surface area (Å²) in [5, 5.41) is 6.91. The molecule has 6 nitrogen and oxygen atoms in total. The first-order valence-corrected chi connectivity index (χ1v) is 11.6. The number of rotatable bonds is 10. The van der Waals surface area contributed by atoms with E-state index < -0.39 is 0 Å². The lowest BCUT2D eigenvalue weighted by Gasteiger charge is -2.35. The van der Waals surface area contributed by atoms with E-state index in [9.17, 15) is 0 Å². The number of ether oxygens (including phenoxy) is 1. The normalized spacial score (nSPS) is 17.2. The zero-order valence-corrected chi connectivity index (χ0v) is 20.0. The van der Waals surface area contributed by atoms with Gasteiger partial charge in [-0.25, -0.2) is 4.99 Å². The van der Waals surface area contributed by atoms with Crippen LogP contribution in [-0.2, 0) is 6.54 Å². The van der Waals surface area contributed by atoms with Gasteiger partial charge in [0.05, 0.1) is 12.6 Å². The van der Waals surface area contributed by atoms with Crippen LogP contribution in [0.15, 0.2) is 23.2 Å². The number of piperazine rings is 1. The smallest absolute Gasteiger partial charge is 0.191 e. The highest BCUT2D eigenvalue weighted by Crippen LogP contribution is 2.22. The lowest BCUT2D eigenvalue weighted by Crippen LogP contribution is -2.48. The Labute approximate surface area is 184 Å². The second kappa shape index (κ2) is 12.8. The van der Waals surface area contributed by atoms with Gasteiger partial charge in [-0.1, -0.05) is 26.0 Å². The number of benzene rings is 1. The van der Waals surface area contributed by atoms with Crippen LogP contribution in [-0.4, -0.2) is 74.2 Å². The second-order valence-corrected chi connectivity index (χ2v) is 8.69. The van der Waals surface area contributed by atoms with Gasteiger partial charge >= 0.3 is 0 Å². The van der Waals surface area contributed by atoms with Crippen LogP contribution in [0.2, 0.25) is 0 Å². The average Bonchev–Trinajstić information content (AvgIpc) is 2.71. The monoisotopic (exact) mass is 417 g/mol. The fourth-order valence-electron chi connectivity index (χ4n) is 3.73. The van der Waals surface area contributed by atoms with Crippen molar-refractivity contribution in [2.75, 3.05) is 52.4 Å². The van der Waals surface area contributed by atoms with Crippen molar-refractivity contribution < 1.29 is 4.74 Å². The number of aliphatic imine (C=N–C) groups is 1. The fraction of sp³-hybridized carbons (Fsp3) is 0.708. The van der Waals surface area contributed by atoms with Gasteiger partial charge in [-0.15, -0.1) is 0 Å². The first-order valence-electron chi connectivity index (χ1n) is 11.6. The number of hydrogen-bond donors (Lipinski definition) is 2. The number of nitrogens with one attached hydrogen (secondary N) is 2. The summed E-state index contributed by atoms with van der Waals surface area (Å²) < 4.78 is 6.00. The van der Waals surface area contributed by atoms with Gasteiger partial charge in [0.1, 0.15) is 5.75 Å². The van der Waals surface area contributed by atoms with E-state index in [1.54, 1.807) is 0 Å². The van der Waals surface area contributed by atoms with Crippen molar-refractivity contribution in [2.45, 2.75) is 54.2 Å². The summed E-state index contributed by atoms with van der Waals surface area (Å²) in [6.45, 7) is 22.3. The zero-order valence-electron chi connectivity index (χ0n) is 20.0. The molecule has 0 aromatic heterocycles. The number of guanidine groups is 1. The van der Waals surface area contributed by atoms with Crippen LogP contribution < -0.4 is 15.4 Å². The molecule has 0 saturated carbocycles. The predicted molar refractivity (Wildman–Crippen MR) is 127 cm³/mol. The molecule has 1 atom stereocenters. The Hall–Kier alpha value is -1.79. The van der Waals surface area contributed by atoms with Crippen molar-refractivity contribution in [1.29, 1.82) is 0 Å². The highest BCUT2D eigenvalue weighted by molar-refractivity contribution is 5.79. The highest BCUT2D eigenvalue weighted by Gasteiger charge is 2.17. The van der Waals surface area contributed by atoms with E-state index in [0.29, 0.717) is 12.5 Å². The Morgan fingerprint density at radius 3 is 2.40 bits per heavy atom. The lowest BCUT2D eigenvalue weighted by molar-refractivity contribution is 0.124. The molecule has 0 radical (unpaired) electrons. The topological polar surface area (TPSA) is 52.1 Å². The number of nitrogens with zero attached hydrogens (tertiary/aromatic N) is 3. The van der Waals surface area contributed by atoms with Crippen LogP contribution >= 0.6 is 0 Å². The van der Waals surface area contributed by atoms with E-state index in [-0.39, 0.29) is 6.10 Å². The molecule has 1 unspecified atom stereocenters. The van der Waals surface area contributed by atoms with Gasteiger partial charge in [-0.3, -0.25) is 0 Å². The first kappa shape index (κ1) is 24.5. The predicted octanol–water partition coefficient (Wildman–Crippen LogP) is 3.11. The molecule has 170 valence electrons. The molecule has 6 heteroatoms. The average molecular weight is 418 g/mol. The molecule has 1 aromatic rings. The Morgan fingerprint density at radius 1 is 1.07 bits per heavy atom. The van der Waals surface area contributed by atoms with Crippen LogP contribution in [0.4, 0.5) is 0 Å². The SMILES string of the molecule is CCNC(=NCc1ccc(C)cc1OC(C)C)NCC(C)CN1CCN(CC)CC1. The van der Waals surface area contributed by atoms with Crippen LogP contribution in [0.25, 0.3) is 0 Å². The minimum atomic E-state index is 0.154. The third kappa shape index (κ3) is 8.52. The summed E-state index contributed by atoms with van der Waals surface area (Å²) in [4.78, 5) is 9.93. The van der Waals surface area contributed by atoms with Gasteiger partial charge in [-0.05, 0) is 51.8 Å². The van der Waals surface area contributed by atoms with E-state index >= 15 is 0 Å². The third-order valence-electron chi connectivity index (χ3n) is 5.44. The molecule has 1 saturated heterocycles. The van der Waals surface area contributed by atoms with Crippen molar-refractivity contribution in [3.05, 3.63) is 29.3 Å². The summed E-state index contributed by atoms with van der Waals surface area (Å²) >= 11 is 0. The maximum absolute atomic E-state index is 6.00. The number of aryl methyl sites for hydroxylation is 1. The molecule has 0 amide bonds. The van der Waals surface area contributed by atoms with E-state index in [1.165, 1.54) is 38.3 Å². The molecule has 1 heterocycles. The third-order valence-corrected chi connectivity index (χ3v) is 5.44. The summed E-state index contributed by atoms with van der Waals surface area (Å²) in [7, 11) is 0. The van der Waals surface area contributed by atoms with E-state index in [4.69, 9.17) is 9.73 Å². The summed E-state index contributed by atoms with van der Waals surface area (Å²) in [5.74, 6) is 2.38. The van der Waals surface area contributed by atoms with E-state index in [2.05, 4.69) is 80.2 Å². The van der Waals surface area contributed by atoms with Gasteiger partial charge in [0.15, 0.2) is 5.96 Å². The molecule has 0 aliphatic carbocycles. The van der Waals surface area contributed by atoms with Crippen molar-refractivity contribution in [3.63, 3.8) is 0 Å². The molecule has 30 heavy (non-hydrogen) atoms. The van der Waals surface area contributed by atoms with Crippen LogP contribution in [0, 0.1) is 12.8 Å². The molecule has 1 fully saturated rings. The molecule has 0 spiro atoms. The molecule has 0 bridgehead atoms.